The summed E-state index contributed by atoms with van der Waals surface area (Å²) in [6, 6.07) is 0. The van der Waals surface area contributed by atoms with Gasteiger partial charge in [0.05, 0.1) is 17.3 Å². The van der Waals surface area contributed by atoms with Crippen molar-refractivity contribution in [3.63, 3.8) is 0 Å². The van der Waals surface area contributed by atoms with Crippen LogP contribution in [0.1, 0.15) is 58.3 Å². The molecular weight excluding hydrogens is 268 g/mol. The molecule has 4 heteroatoms. The fraction of sp³-hybridized carbons (Fsp3) is 1.00. The van der Waals surface area contributed by atoms with Crippen LogP contribution in [0.4, 0.5) is 0 Å². The van der Waals surface area contributed by atoms with Gasteiger partial charge in [-0.2, -0.15) is 0 Å². The highest BCUT2D eigenvalue weighted by atomic mass is 16.5. The summed E-state index contributed by atoms with van der Waals surface area (Å²) in [6.45, 7) is 4.45. The molecule has 1 spiro atoms. The van der Waals surface area contributed by atoms with Crippen LogP contribution in [0, 0.1) is 11.8 Å². The van der Waals surface area contributed by atoms with Gasteiger partial charge in [0.1, 0.15) is 0 Å². The molecule has 0 aromatic heterocycles. The van der Waals surface area contributed by atoms with Crippen LogP contribution < -0.4 is 0 Å². The second kappa shape index (κ2) is 6.15. The lowest BCUT2D eigenvalue weighted by Crippen LogP contribution is -2.53. The second-order valence-corrected chi connectivity index (χ2v) is 7.63. The number of hydrogen-bond acceptors (Lipinski definition) is 4. The number of aliphatic hydroxyl groups excluding tert-OH is 1. The zero-order valence-electron chi connectivity index (χ0n) is 13.2. The van der Waals surface area contributed by atoms with Gasteiger partial charge in [-0.3, -0.25) is 0 Å². The van der Waals surface area contributed by atoms with Crippen molar-refractivity contribution < 1.29 is 19.7 Å². The van der Waals surface area contributed by atoms with Crippen LogP contribution in [0.25, 0.3) is 0 Å². The van der Waals surface area contributed by atoms with Crippen molar-refractivity contribution in [2.24, 2.45) is 11.8 Å². The average molecular weight is 298 g/mol. The summed E-state index contributed by atoms with van der Waals surface area (Å²) >= 11 is 0. The van der Waals surface area contributed by atoms with Crippen LogP contribution >= 0.6 is 0 Å². The fourth-order valence-electron chi connectivity index (χ4n) is 4.42. The summed E-state index contributed by atoms with van der Waals surface area (Å²) in [5, 5.41) is 21.7. The first-order valence-electron chi connectivity index (χ1n) is 8.65. The molecule has 0 bridgehead atoms. The van der Waals surface area contributed by atoms with Crippen molar-refractivity contribution in [2.45, 2.75) is 75.6 Å². The predicted molar refractivity (Wildman–Crippen MR) is 80.0 cm³/mol. The molecule has 1 aliphatic carbocycles. The van der Waals surface area contributed by atoms with Crippen LogP contribution in [0.15, 0.2) is 0 Å². The highest BCUT2D eigenvalue weighted by Crippen LogP contribution is 2.43. The molecule has 3 fully saturated rings. The number of rotatable bonds is 2. The molecule has 2 atom stereocenters. The molecule has 21 heavy (non-hydrogen) atoms. The first kappa shape index (κ1) is 15.7. The third kappa shape index (κ3) is 3.29. The van der Waals surface area contributed by atoms with Crippen LogP contribution in [0.2, 0.25) is 0 Å². The van der Waals surface area contributed by atoms with E-state index in [2.05, 4.69) is 6.92 Å². The molecule has 0 amide bonds. The van der Waals surface area contributed by atoms with Gasteiger partial charge in [-0.1, -0.05) is 6.92 Å². The van der Waals surface area contributed by atoms with Crippen molar-refractivity contribution in [3.8, 4) is 0 Å². The van der Waals surface area contributed by atoms with Crippen LogP contribution in [0.3, 0.4) is 0 Å². The Morgan fingerprint density at radius 3 is 2.33 bits per heavy atom. The molecule has 2 saturated heterocycles. The van der Waals surface area contributed by atoms with Gasteiger partial charge in [0.25, 0.3) is 0 Å². The van der Waals surface area contributed by atoms with E-state index in [4.69, 9.17) is 9.47 Å². The summed E-state index contributed by atoms with van der Waals surface area (Å²) < 4.78 is 11.5. The van der Waals surface area contributed by atoms with E-state index in [9.17, 15) is 10.2 Å². The molecule has 2 N–H and O–H groups in total. The molecule has 2 heterocycles. The zero-order chi connectivity index (χ0) is 14.9. The van der Waals surface area contributed by atoms with E-state index >= 15 is 0 Å². The van der Waals surface area contributed by atoms with E-state index in [0.717, 1.165) is 64.6 Å². The first-order valence-corrected chi connectivity index (χ1v) is 8.65. The Hall–Kier alpha value is -0.160. The number of aliphatic hydroxyl groups is 2. The lowest BCUT2D eigenvalue weighted by molar-refractivity contribution is -0.187. The van der Waals surface area contributed by atoms with Crippen molar-refractivity contribution >= 4 is 0 Å². The van der Waals surface area contributed by atoms with Gasteiger partial charge < -0.3 is 19.7 Å². The van der Waals surface area contributed by atoms with Crippen LogP contribution in [-0.4, -0.2) is 47.3 Å². The second-order valence-electron chi connectivity index (χ2n) is 7.63. The van der Waals surface area contributed by atoms with Crippen molar-refractivity contribution in [1.82, 2.24) is 0 Å². The normalized spacial score (nSPS) is 41.9. The molecule has 3 aliphatic rings. The largest absolute Gasteiger partial charge is 0.390 e. The van der Waals surface area contributed by atoms with E-state index in [1.165, 1.54) is 0 Å². The monoisotopic (exact) mass is 298 g/mol. The number of ether oxygens (including phenoxy) is 2. The Kier molecular flexibility index (Phi) is 4.60. The van der Waals surface area contributed by atoms with E-state index in [-0.39, 0.29) is 11.5 Å². The highest BCUT2D eigenvalue weighted by Gasteiger charge is 2.47. The van der Waals surface area contributed by atoms with Gasteiger partial charge >= 0.3 is 0 Å². The van der Waals surface area contributed by atoms with Crippen LogP contribution in [-0.2, 0) is 9.47 Å². The van der Waals surface area contributed by atoms with Gasteiger partial charge in [0, 0.05) is 19.8 Å². The van der Waals surface area contributed by atoms with E-state index in [1.54, 1.807) is 0 Å². The SMILES string of the molecule is CC1CCC(O)(C(O)C2CCOC3(CCOCC3)C2)CC1. The fourth-order valence-corrected chi connectivity index (χ4v) is 4.42. The molecule has 3 rings (SSSR count). The minimum Gasteiger partial charge on any atom is -0.390 e. The van der Waals surface area contributed by atoms with Gasteiger partial charge in [0.15, 0.2) is 0 Å². The van der Waals surface area contributed by atoms with Crippen molar-refractivity contribution in [1.29, 1.82) is 0 Å². The highest BCUT2D eigenvalue weighted by molar-refractivity contribution is 4.98. The van der Waals surface area contributed by atoms with E-state index < -0.39 is 11.7 Å². The van der Waals surface area contributed by atoms with Crippen LogP contribution in [0.5, 0.6) is 0 Å². The average Bonchev–Trinajstić information content (AvgIpc) is 2.50. The van der Waals surface area contributed by atoms with Crippen molar-refractivity contribution in [3.05, 3.63) is 0 Å². The Morgan fingerprint density at radius 1 is 1.00 bits per heavy atom. The lowest BCUT2D eigenvalue weighted by Gasteiger charge is -2.48. The topological polar surface area (TPSA) is 58.9 Å². The Balaban J connectivity index is 1.65. The summed E-state index contributed by atoms with van der Waals surface area (Å²) in [5.74, 6) is 0.837. The zero-order valence-corrected chi connectivity index (χ0v) is 13.2. The minimum absolute atomic E-state index is 0.111. The van der Waals surface area contributed by atoms with Crippen molar-refractivity contribution in [2.75, 3.05) is 19.8 Å². The van der Waals surface area contributed by atoms with Gasteiger partial charge in [-0.15, -0.1) is 0 Å². The summed E-state index contributed by atoms with van der Waals surface area (Å²) in [7, 11) is 0. The molecule has 0 radical (unpaired) electrons. The molecule has 122 valence electrons. The molecule has 4 nitrogen and oxygen atoms in total. The molecule has 2 aliphatic heterocycles. The smallest absolute Gasteiger partial charge is 0.0908 e. The quantitative estimate of drug-likeness (QED) is 0.821. The third-order valence-electron chi connectivity index (χ3n) is 6.07. The third-order valence-corrected chi connectivity index (χ3v) is 6.07. The maximum atomic E-state index is 10.9. The summed E-state index contributed by atoms with van der Waals surface area (Å²) in [5.41, 5.74) is -0.985. The molecule has 2 unspecified atom stereocenters. The Morgan fingerprint density at radius 2 is 1.67 bits per heavy atom. The predicted octanol–water partition coefficient (Wildman–Crippen LogP) is 2.26. The van der Waals surface area contributed by atoms with Gasteiger partial charge in [-0.05, 0) is 63.2 Å². The molecule has 1 saturated carbocycles. The van der Waals surface area contributed by atoms with E-state index in [0.29, 0.717) is 12.5 Å². The molecular formula is C17H30O4. The maximum absolute atomic E-state index is 10.9. The standard InChI is InChI=1S/C17H30O4/c1-13-2-5-17(19,6-3-13)15(18)14-4-9-21-16(12-14)7-10-20-11-8-16/h13-15,18-19H,2-12H2,1H3. The molecule has 0 aromatic rings. The Bertz CT molecular complexity index is 337. The minimum atomic E-state index is -0.874. The van der Waals surface area contributed by atoms with Gasteiger partial charge in [-0.25, -0.2) is 0 Å². The summed E-state index contributed by atoms with van der Waals surface area (Å²) in [4.78, 5) is 0. The summed E-state index contributed by atoms with van der Waals surface area (Å²) in [6.07, 6.45) is 6.50. The number of hydrogen-bond donors (Lipinski definition) is 2. The maximum Gasteiger partial charge on any atom is 0.0908 e. The Labute approximate surface area is 127 Å². The van der Waals surface area contributed by atoms with E-state index in [1.807, 2.05) is 0 Å². The van der Waals surface area contributed by atoms with Gasteiger partial charge in [0.2, 0.25) is 0 Å². The lowest BCUT2D eigenvalue weighted by atomic mass is 9.69. The first-order chi connectivity index (χ1) is 10.0. The molecule has 0 aromatic carbocycles.